The number of thiophene rings is 1. The molecular weight excluding hydrogens is 526 g/mol. The maximum Gasteiger partial charge on any atom is 0.235 e. The number of hydrogen-bond acceptors (Lipinski definition) is 7. The zero-order valence-corrected chi connectivity index (χ0v) is 25.1. The van der Waals surface area contributed by atoms with Gasteiger partial charge in [-0.05, 0) is 67.2 Å². The van der Waals surface area contributed by atoms with E-state index in [0.29, 0.717) is 34.0 Å². The summed E-state index contributed by atoms with van der Waals surface area (Å²) in [6.45, 7) is 15.6. The third-order valence-corrected chi connectivity index (χ3v) is 10.1. The van der Waals surface area contributed by atoms with Crippen LogP contribution >= 0.6 is 23.1 Å². The van der Waals surface area contributed by atoms with Crippen LogP contribution in [-0.4, -0.2) is 26.4 Å². The van der Waals surface area contributed by atoms with Crippen LogP contribution < -0.4 is 10.1 Å². The third kappa shape index (κ3) is 6.39. The molecule has 1 aromatic carbocycles. The van der Waals surface area contributed by atoms with Gasteiger partial charge in [0.25, 0.3) is 0 Å². The van der Waals surface area contributed by atoms with Crippen molar-refractivity contribution in [1.29, 1.82) is 5.26 Å². The van der Waals surface area contributed by atoms with Crippen LogP contribution in [0.5, 0.6) is 5.75 Å². The molecule has 2 heterocycles. The fraction of sp³-hybridized carbons (Fsp3) is 0.467. The Morgan fingerprint density at radius 3 is 2.90 bits per heavy atom. The van der Waals surface area contributed by atoms with Crippen molar-refractivity contribution in [2.75, 3.05) is 11.1 Å². The van der Waals surface area contributed by atoms with Crippen molar-refractivity contribution in [3.05, 3.63) is 63.8 Å². The molecule has 0 bridgehead atoms. The Labute approximate surface area is 239 Å². The van der Waals surface area contributed by atoms with Crippen LogP contribution in [0.25, 0.3) is 0 Å². The fourth-order valence-electron chi connectivity index (χ4n) is 4.91. The minimum Gasteiger partial charge on any atom is -0.485 e. The number of ether oxygens (including phenoxy) is 1. The molecule has 1 atom stereocenters. The van der Waals surface area contributed by atoms with Crippen LogP contribution in [0.2, 0.25) is 0 Å². The summed E-state index contributed by atoms with van der Waals surface area (Å²) < 4.78 is 7.95. The number of benzene rings is 1. The highest BCUT2D eigenvalue weighted by Gasteiger charge is 2.34. The number of fused-ring (bicyclic) bond motifs is 1. The van der Waals surface area contributed by atoms with Crippen molar-refractivity contribution >= 4 is 34.0 Å². The highest BCUT2D eigenvalue weighted by Crippen LogP contribution is 2.45. The second-order valence-electron chi connectivity index (χ2n) is 10.7. The van der Waals surface area contributed by atoms with Crippen molar-refractivity contribution in [2.45, 2.75) is 78.6 Å². The van der Waals surface area contributed by atoms with Crippen molar-refractivity contribution in [2.24, 2.45) is 11.3 Å². The molecule has 1 aliphatic carbocycles. The Morgan fingerprint density at radius 2 is 2.18 bits per heavy atom. The molecule has 0 spiro atoms. The summed E-state index contributed by atoms with van der Waals surface area (Å²) in [5, 5.41) is 22.8. The number of thioether (sulfide) groups is 1. The van der Waals surface area contributed by atoms with E-state index in [0.717, 1.165) is 48.1 Å². The predicted octanol–water partition coefficient (Wildman–Crippen LogP) is 6.87. The number of nitriles is 1. The number of aryl methyl sites for hydroxylation is 1. The molecule has 1 unspecified atom stereocenters. The second-order valence-corrected chi connectivity index (χ2v) is 12.8. The van der Waals surface area contributed by atoms with Gasteiger partial charge in [0, 0.05) is 11.4 Å². The number of nitrogens with zero attached hydrogens (tertiary/aromatic N) is 4. The van der Waals surface area contributed by atoms with Gasteiger partial charge in [0.05, 0.1) is 11.3 Å². The molecule has 7 nitrogen and oxygen atoms in total. The van der Waals surface area contributed by atoms with Gasteiger partial charge >= 0.3 is 0 Å². The molecule has 206 valence electrons. The molecule has 39 heavy (non-hydrogen) atoms. The number of carbonyl (C=O) groups is 1. The standard InChI is InChI=1S/C30H37N5O2S2/c1-7-14-35-26(17-37-24-11-9-10-19(3)20(24)4)33-34-29(35)38-18-27(36)32-28-23(16-31)22-13-12-21(15-25(22)39-28)30(5,6)8-2/h7,9-11,21H,1,8,12-15,17-18H2,2-6H3,(H,32,36). The first-order valence-corrected chi connectivity index (χ1v) is 15.2. The number of aromatic nitrogens is 3. The average Bonchev–Trinajstić information content (AvgIpc) is 3.47. The van der Waals surface area contributed by atoms with Gasteiger partial charge < -0.3 is 10.1 Å². The van der Waals surface area contributed by atoms with E-state index in [2.05, 4.69) is 61.9 Å². The zero-order chi connectivity index (χ0) is 28.2. The molecule has 1 amide bonds. The number of nitrogens with one attached hydrogen (secondary N) is 1. The Kier molecular flexibility index (Phi) is 9.19. The van der Waals surface area contributed by atoms with Crippen LogP contribution in [-0.2, 0) is 30.8 Å². The smallest absolute Gasteiger partial charge is 0.235 e. The lowest BCUT2D eigenvalue weighted by atomic mass is 9.69. The normalized spacial score (nSPS) is 14.9. The SMILES string of the molecule is C=CCn1c(COc2cccc(C)c2C)nnc1SCC(=O)Nc1sc2c(c1C#N)CCC(C(C)(C)CC)C2. The molecule has 3 aromatic rings. The largest absolute Gasteiger partial charge is 0.485 e. The number of anilines is 1. The quantitative estimate of drug-likeness (QED) is 0.202. The molecule has 9 heteroatoms. The van der Waals surface area contributed by atoms with Crippen molar-refractivity contribution in [1.82, 2.24) is 14.8 Å². The zero-order valence-electron chi connectivity index (χ0n) is 23.5. The Bertz CT molecular complexity index is 1400. The second kappa shape index (κ2) is 12.4. The Hall–Kier alpha value is -3.09. The molecule has 1 N–H and O–H groups in total. The van der Waals surface area contributed by atoms with E-state index in [9.17, 15) is 10.1 Å². The van der Waals surface area contributed by atoms with E-state index < -0.39 is 0 Å². The summed E-state index contributed by atoms with van der Waals surface area (Å²) in [5.74, 6) is 2.06. The summed E-state index contributed by atoms with van der Waals surface area (Å²) in [6.07, 6.45) is 5.84. The van der Waals surface area contributed by atoms with Gasteiger partial charge in [-0.2, -0.15) is 5.26 Å². The molecule has 2 aromatic heterocycles. The predicted molar refractivity (Wildman–Crippen MR) is 158 cm³/mol. The van der Waals surface area contributed by atoms with Gasteiger partial charge in [0.1, 0.15) is 23.4 Å². The molecule has 0 saturated carbocycles. The number of amides is 1. The summed E-state index contributed by atoms with van der Waals surface area (Å²) in [4.78, 5) is 14.2. The van der Waals surface area contributed by atoms with Crippen LogP contribution in [0.15, 0.2) is 36.0 Å². The highest BCUT2D eigenvalue weighted by molar-refractivity contribution is 7.99. The first kappa shape index (κ1) is 28.9. The lowest BCUT2D eigenvalue weighted by Gasteiger charge is -2.36. The van der Waals surface area contributed by atoms with Crippen LogP contribution in [0.4, 0.5) is 5.00 Å². The van der Waals surface area contributed by atoms with E-state index >= 15 is 0 Å². The topological polar surface area (TPSA) is 92.8 Å². The number of hydrogen-bond donors (Lipinski definition) is 1. The third-order valence-electron chi connectivity index (χ3n) is 8.00. The van der Waals surface area contributed by atoms with Gasteiger partial charge in [-0.15, -0.1) is 28.1 Å². The first-order valence-electron chi connectivity index (χ1n) is 13.4. The summed E-state index contributed by atoms with van der Waals surface area (Å²) >= 11 is 2.88. The van der Waals surface area contributed by atoms with E-state index in [1.165, 1.54) is 16.6 Å². The van der Waals surface area contributed by atoms with Gasteiger partial charge in [-0.1, -0.05) is 57.2 Å². The molecule has 0 radical (unpaired) electrons. The van der Waals surface area contributed by atoms with Gasteiger partial charge in [0.2, 0.25) is 5.91 Å². The minimum atomic E-state index is -0.165. The molecule has 1 aliphatic rings. The van der Waals surface area contributed by atoms with Crippen LogP contribution in [0.1, 0.15) is 66.6 Å². The molecule has 0 saturated heterocycles. The van der Waals surface area contributed by atoms with E-state index in [-0.39, 0.29) is 23.7 Å². The fourth-order valence-corrected chi connectivity index (χ4v) is 6.97. The van der Waals surface area contributed by atoms with Crippen molar-refractivity contribution < 1.29 is 9.53 Å². The summed E-state index contributed by atoms with van der Waals surface area (Å²) in [6, 6.07) is 8.32. The van der Waals surface area contributed by atoms with Gasteiger partial charge in [0.15, 0.2) is 11.0 Å². The minimum absolute atomic E-state index is 0.159. The number of allylic oxidation sites excluding steroid dienone is 1. The van der Waals surface area contributed by atoms with Crippen LogP contribution in [0, 0.1) is 36.5 Å². The number of rotatable bonds is 11. The lowest BCUT2D eigenvalue weighted by Crippen LogP contribution is -2.28. The summed E-state index contributed by atoms with van der Waals surface area (Å²) in [7, 11) is 0. The number of carbonyl (C=O) groups excluding carboxylic acids is 1. The van der Waals surface area contributed by atoms with Gasteiger partial charge in [-0.3, -0.25) is 9.36 Å². The Balaban J connectivity index is 1.41. The molecular formula is C30H37N5O2S2. The molecule has 4 rings (SSSR count). The summed E-state index contributed by atoms with van der Waals surface area (Å²) in [5.41, 5.74) is 4.27. The highest BCUT2D eigenvalue weighted by atomic mass is 32.2. The monoisotopic (exact) mass is 563 g/mol. The molecule has 0 aliphatic heterocycles. The maximum absolute atomic E-state index is 13.0. The molecule has 0 fully saturated rings. The maximum atomic E-state index is 13.0. The van der Waals surface area contributed by atoms with Gasteiger partial charge in [-0.25, -0.2) is 0 Å². The first-order chi connectivity index (χ1) is 18.7. The van der Waals surface area contributed by atoms with E-state index in [1.807, 2.05) is 23.6 Å². The van der Waals surface area contributed by atoms with Crippen LogP contribution in [0.3, 0.4) is 0 Å². The van der Waals surface area contributed by atoms with E-state index in [1.54, 1.807) is 17.4 Å². The van der Waals surface area contributed by atoms with Crippen molar-refractivity contribution in [3.8, 4) is 11.8 Å². The Morgan fingerprint density at radius 1 is 1.38 bits per heavy atom. The lowest BCUT2D eigenvalue weighted by molar-refractivity contribution is -0.113. The van der Waals surface area contributed by atoms with E-state index in [4.69, 9.17) is 4.74 Å². The average molecular weight is 564 g/mol. The van der Waals surface area contributed by atoms with Crippen molar-refractivity contribution in [3.63, 3.8) is 0 Å².